The Morgan fingerprint density at radius 1 is 0.397 bits per heavy atom. The summed E-state index contributed by atoms with van der Waals surface area (Å²) >= 11 is 0. The summed E-state index contributed by atoms with van der Waals surface area (Å²) in [6.07, 6.45) is 6.10. The number of pyridine rings is 2. The third-order valence-electron chi connectivity index (χ3n) is 13.1. The SMILES string of the molecule is N#Cc1cc(C#N)cc(-c2cc(-n3c4c(c5cc(-c6cccc(-c7ccccc7)n6)ccc53)CCC=C4)c(C#N)c(-n3c4ccccc4c4cc(-c5cccc(-c6ccccc6)n5)ccc43)c2)c1. The number of para-hydroxylation sites is 1. The van der Waals surface area contributed by atoms with Crippen LogP contribution in [-0.4, -0.2) is 19.1 Å². The first-order valence-corrected chi connectivity index (χ1v) is 22.5. The second-order valence-corrected chi connectivity index (χ2v) is 17.0. The molecule has 7 heteroatoms. The summed E-state index contributed by atoms with van der Waals surface area (Å²) in [5, 5.41) is 35.0. The van der Waals surface area contributed by atoms with Gasteiger partial charge in [-0.2, -0.15) is 15.8 Å². The molecule has 0 unspecified atom stereocenters. The molecule has 0 aliphatic heterocycles. The van der Waals surface area contributed by atoms with Crippen LogP contribution in [0.1, 0.15) is 34.4 Å². The Labute approximate surface area is 392 Å². The van der Waals surface area contributed by atoms with Gasteiger partial charge >= 0.3 is 0 Å². The predicted molar refractivity (Wildman–Crippen MR) is 272 cm³/mol. The Bertz CT molecular complexity index is 3970. The number of benzene rings is 7. The monoisotopic (exact) mass is 867 g/mol. The van der Waals surface area contributed by atoms with Gasteiger partial charge in [0.2, 0.25) is 0 Å². The highest BCUT2D eigenvalue weighted by molar-refractivity contribution is 6.11. The van der Waals surface area contributed by atoms with E-state index >= 15 is 0 Å². The molecule has 11 aromatic rings. The maximum Gasteiger partial charge on any atom is 0.104 e. The fraction of sp³-hybridized carbons (Fsp3) is 0.0328. The van der Waals surface area contributed by atoms with Crippen molar-refractivity contribution in [2.24, 2.45) is 0 Å². The van der Waals surface area contributed by atoms with Crippen molar-refractivity contribution >= 4 is 38.8 Å². The quantitative estimate of drug-likeness (QED) is 0.159. The number of aromatic nitrogens is 4. The van der Waals surface area contributed by atoms with Crippen molar-refractivity contribution in [2.75, 3.05) is 0 Å². The second-order valence-electron chi connectivity index (χ2n) is 17.0. The molecular weight excluding hydrogens is 831 g/mol. The molecule has 0 saturated heterocycles. The Morgan fingerprint density at radius 2 is 0.912 bits per heavy atom. The molecule has 7 nitrogen and oxygen atoms in total. The molecule has 0 radical (unpaired) electrons. The second kappa shape index (κ2) is 16.4. The summed E-state index contributed by atoms with van der Waals surface area (Å²) in [4.78, 5) is 10.2. The van der Waals surface area contributed by atoms with Gasteiger partial charge in [0, 0.05) is 44.1 Å². The van der Waals surface area contributed by atoms with E-state index in [-0.39, 0.29) is 0 Å². The van der Waals surface area contributed by atoms with Crippen LogP contribution in [0, 0.1) is 34.0 Å². The third-order valence-corrected chi connectivity index (χ3v) is 13.1. The summed E-state index contributed by atoms with van der Waals surface area (Å²) < 4.78 is 4.41. The molecule has 0 N–H and O–H groups in total. The molecule has 0 saturated carbocycles. The maximum atomic E-state index is 11.6. The van der Waals surface area contributed by atoms with Crippen molar-refractivity contribution in [2.45, 2.75) is 12.8 Å². The summed E-state index contributed by atoms with van der Waals surface area (Å²) in [5.41, 5.74) is 16.7. The van der Waals surface area contributed by atoms with E-state index in [0.29, 0.717) is 33.6 Å². The minimum atomic E-state index is 0.380. The minimum absolute atomic E-state index is 0.380. The van der Waals surface area contributed by atoms with Crippen molar-refractivity contribution in [1.29, 1.82) is 15.8 Å². The Morgan fingerprint density at radius 3 is 1.51 bits per heavy atom. The van der Waals surface area contributed by atoms with E-state index in [2.05, 4.69) is 124 Å². The van der Waals surface area contributed by atoms with E-state index in [1.165, 1.54) is 5.56 Å². The summed E-state index contributed by atoms with van der Waals surface area (Å²) in [5.74, 6) is 0. The number of fused-ring (bicyclic) bond motifs is 6. The van der Waals surface area contributed by atoms with Gasteiger partial charge in [0.1, 0.15) is 11.6 Å². The molecule has 0 spiro atoms. The highest BCUT2D eigenvalue weighted by Crippen LogP contribution is 2.42. The largest absolute Gasteiger partial charge is 0.308 e. The van der Waals surface area contributed by atoms with Gasteiger partial charge in [0.25, 0.3) is 0 Å². The summed E-state index contributed by atoms with van der Waals surface area (Å²) in [6, 6.07) is 70.4. The average Bonchev–Trinajstić information content (AvgIpc) is 3.93. The molecule has 0 amide bonds. The van der Waals surface area contributed by atoms with E-state index in [1.54, 1.807) is 6.07 Å². The molecular formula is C61H37N7. The summed E-state index contributed by atoms with van der Waals surface area (Å²) in [6.45, 7) is 0. The molecule has 4 aromatic heterocycles. The lowest BCUT2D eigenvalue weighted by atomic mass is 9.96. The molecule has 316 valence electrons. The van der Waals surface area contributed by atoms with Crippen LogP contribution in [0.15, 0.2) is 194 Å². The maximum absolute atomic E-state index is 11.6. The van der Waals surface area contributed by atoms with Crippen LogP contribution in [0.3, 0.4) is 0 Å². The number of nitrogens with zero attached hydrogens (tertiary/aromatic N) is 7. The predicted octanol–water partition coefficient (Wildman–Crippen LogP) is 14.4. The molecule has 12 rings (SSSR count). The van der Waals surface area contributed by atoms with Crippen LogP contribution in [0.2, 0.25) is 0 Å². The fourth-order valence-electron chi connectivity index (χ4n) is 9.95. The van der Waals surface area contributed by atoms with Gasteiger partial charge in [-0.25, -0.2) is 9.97 Å². The van der Waals surface area contributed by atoms with E-state index in [1.807, 2.05) is 97.1 Å². The number of aryl methyl sites for hydroxylation is 1. The zero-order valence-corrected chi connectivity index (χ0v) is 36.6. The van der Waals surface area contributed by atoms with Gasteiger partial charge in [-0.1, -0.05) is 109 Å². The van der Waals surface area contributed by atoms with Crippen LogP contribution in [0.25, 0.3) is 106 Å². The molecule has 7 aromatic carbocycles. The van der Waals surface area contributed by atoms with Gasteiger partial charge in [-0.3, -0.25) is 0 Å². The van der Waals surface area contributed by atoms with Crippen molar-refractivity contribution < 1.29 is 0 Å². The van der Waals surface area contributed by atoms with Gasteiger partial charge in [0.15, 0.2) is 0 Å². The first-order valence-electron chi connectivity index (χ1n) is 22.5. The smallest absolute Gasteiger partial charge is 0.104 e. The zero-order valence-electron chi connectivity index (χ0n) is 36.6. The molecule has 1 aliphatic rings. The highest BCUT2D eigenvalue weighted by Gasteiger charge is 2.26. The van der Waals surface area contributed by atoms with Crippen LogP contribution >= 0.6 is 0 Å². The van der Waals surface area contributed by atoms with E-state index < -0.39 is 0 Å². The zero-order chi connectivity index (χ0) is 45.7. The Balaban J connectivity index is 1.10. The standard InChI is InChI=1S/C61H37N7/c62-36-39-29-40(37-63)31-45(30-39)46-34-60(67-56-23-9-7-17-47(56)49-32-43(25-27-58(49)67)54-21-11-19-52(65-54)41-13-3-1-4-14-41)51(38-64)61(35-46)68-57-24-10-8-18-48(57)50-33-44(26-28-59(50)68)55-22-12-20-53(66-55)42-15-5-2-6-16-42/h1-7,9-17,19-35H,8,18H2. The van der Waals surface area contributed by atoms with Crippen molar-refractivity contribution in [3.63, 3.8) is 0 Å². The lowest BCUT2D eigenvalue weighted by Crippen LogP contribution is -2.07. The van der Waals surface area contributed by atoms with E-state index in [0.717, 1.165) is 102 Å². The van der Waals surface area contributed by atoms with Gasteiger partial charge in [0.05, 0.1) is 74.0 Å². The lowest BCUT2D eigenvalue weighted by Gasteiger charge is -2.19. The van der Waals surface area contributed by atoms with Crippen molar-refractivity contribution in [3.8, 4) is 85.7 Å². The van der Waals surface area contributed by atoms with Crippen LogP contribution in [0.4, 0.5) is 0 Å². The third kappa shape index (κ3) is 6.73. The van der Waals surface area contributed by atoms with Gasteiger partial charge in [-0.15, -0.1) is 0 Å². The van der Waals surface area contributed by atoms with Crippen LogP contribution in [-0.2, 0) is 6.42 Å². The molecule has 1 aliphatic carbocycles. The molecule has 4 heterocycles. The van der Waals surface area contributed by atoms with Gasteiger partial charge in [-0.05, 0) is 121 Å². The first-order chi connectivity index (χ1) is 33.6. The van der Waals surface area contributed by atoms with E-state index in [9.17, 15) is 15.8 Å². The van der Waals surface area contributed by atoms with Crippen molar-refractivity contribution in [1.82, 2.24) is 19.1 Å². The lowest BCUT2D eigenvalue weighted by molar-refractivity contribution is 0.965. The van der Waals surface area contributed by atoms with Crippen molar-refractivity contribution in [3.05, 3.63) is 222 Å². The van der Waals surface area contributed by atoms with Crippen LogP contribution in [0.5, 0.6) is 0 Å². The Kier molecular flexibility index (Phi) is 9.65. The number of rotatable bonds is 7. The molecule has 0 atom stereocenters. The highest BCUT2D eigenvalue weighted by atomic mass is 15.0. The minimum Gasteiger partial charge on any atom is -0.308 e. The molecule has 68 heavy (non-hydrogen) atoms. The Hall–Kier alpha value is -9.61. The normalized spacial score (nSPS) is 11.9. The summed E-state index contributed by atoms with van der Waals surface area (Å²) in [7, 11) is 0. The van der Waals surface area contributed by atoms with E-state index in [4.69, 9.17) is 9.97 Å². The average molecular weight is 868 g/mol. The number of hydrogen-bond acceptors (Lipinski definition) is 5. The van der Waals surface area contributed by atoms with Crippen LogP contribution < -0.4 is 0 Å². The van der Waals surface area contributed by atoms with Gasteiger partial charge < -0.3 is 9.13 Å². The number of hydrogen-bond donors (Lipinski definition) is 0. The number of allylic oxidation sites excluding steroid dienone is 1. The topological polar surface area (TPSA) is 107 Å². The number of nitriles is 3. The fourth-order valence-corrected chi connectivity index (χ4v) is 9.95. The molecule has 0 fully saturated rings. The molecule has 0 bridgehead atoms. The first kappa shape index (κ1) is 39.9.